The zero-order chi connectivity index (χ0) is 9.78. The monoisotopic (exact) mass is 237 g/mol. The Bertz CT molecular complexity index is 251. The fraction of sp³-hybridized carbons (Fsp3) is 0.833. The van der Waals surface area contributed by atoms with Gasteiger partial charge in [0.1, 0.15) is 0 Å². The van der Waals surface area contributed by atoms with Crippen LogP contribution in [-0.4, -0.2) is 80.9 Å². The molecule has 0 aromatic heterocycles. The molecule has 0 spiro atoms. The Balaban J connectivity index is 0. The molecule has 0 saturated heterocycles. The van der Waals surface area contributed by atoms with Gasteiger partial charge in [-0.2, -0.15) is 8.42 Å². The van der Waals surface area contributed by atoms with Crippen LogP contribution in [0.1, 0.15) is 13.3 Å². The van der Waals surface area contributed by atoms with Crippen LogP contribution in [0, 0.1) is 0 Å². The van der Waals surface area contributed by atoms with Crippen molar-refractivity contribution in [1.82, 2.24) is 4.90 Å². The van der Waals surface area contributed by atoms with Crippen molar-refractivity contribution in [3.63, 3.8) is 0 Å². The van der Waals surface area contributed by atoms with Gasteiger partial charge in [0, 0.05) is 20.5 Å². The van der Waals surface area contributed by atoms with E-state index in [0.29, 0.717) is 6.54 Å². The summed E-state index contributed by atoms with van der Waals surface area (Å²) in [4.78, 5) is 12.0. The molecule has 0 atom stereocenters. The molecule has 0 aliphatic carbocycles. The van der Waals surface area contributed by atoms with Gasteiger partial charge in [-0.25, -0.2) is 0 Å². The number of hydrogen-bond acceptors (Lipinski definition) is 3. The quantitative estimate of drug-likeness (QED) is 0.494. The van der Waals surface area contributed by atoms with E-state index in [2.05, 4.69) is 0 Å². The van der Waals surface area contributed by atoms with Gasteiger partial charge in [-0.05, 0) is 6.42 Å². The van der Waals surface area contributed by atoms with Crippen LogP contribution in [0.3, 0.4) is 0 Å². The van der Waals surface area contributed by atoms with Crippen LogP contribution in [-0.2, 0) is 14.9 Å². The second kappa shape index (κ2) is 7.00. The first-order valence-corrected chi connectivity index (χ1v) is 5.10. The minimum atomic E-state index is -3.88. The van der Waals surface area contributed by atoms with E-state index in [9.17, 15) is 13.2 Å². The first-order valence-electron chi connectivity index (χ1n) is 3.50. The number of amides is 1. The summed E-state index contributed by atoms with van der Waals surface area (Å²) in [6.45, 7) is 1.74. The normalized spacial score (nSPS) is 10.4. The molecular formula is C6H15CaNO4S. The third-order valence-corrected chi connectivity index (χ3v) is 2.24. The number of nitrogens with zero attached hydrogens (tertiary/aromatic N) is 1. The number of carbonyl (C=O) groups is 1. The average Bonchev–Trinajstić information content (AvgIpc) is 1.84. The fourth-order valence-electron chi connectivity index (χ4n) is 0.642. The van der Waals surface area contributed by atoms with Crippen LogP contribution in [0.25, 0.3) is 0 Å². The van der Waals surface area contributed by atoms with Crippen LogP contribution in [0.5, 0.6) is 0 Å². The molecule has 5 nitrogen and oxygen atoms in total. The third kappa shape index (κ3) is 10.6. The Hall–Kier alpha value is 0.640. The zero-order valence-corrected chi connectivity index (χ0v) is 7.97. The van der Waals surface area contributed by atoms with Crippen molar-refractivity contribution in [2.24, 2.45) is 0 Å². The molecule has 0 saturated carbocycles. The fourth-order valence-corrected chi connectivity index (χ4v) is 1.14. The van der Waals surface area contributed by atoms with E-state index >= 15 is 0 Å². The summed E-state index contributed by atoms with van der Waals surface area (Å²) >= 11 is 0. The molecule has 0 radical (unpaired) electrons. The second-order valence-corrected chi connectivity index (χ2v) is 4.15. The van der Waals surface area contributed by atoms with Gasteiger partial charge in [-0.3, -0.25) is 9.35 Å². The molecule has 7 heteroatoms. The molecule has 0 aromatic carbocycles. The van der Waals surface area contributed by atoms with Gasteiger partial charge in [-0.1, -0.05) is 0 Å². The van der Waals surface area contributed by atoms with Crippen molar-refractivity contribution < 1.29 is 17.8 Å². The molecule has 76 valence electrons. The first-order chi connectivity index (χ1) is 5.33. The SMILES string of the molecule is CC(=O)N(C)CCCS(=O)(=O)O.[CaH2]. The molecule has 0 unspecified atom stereocenters. The number of carbonyl (C=O) groups excluding carboxylic acids is 1. The van der Waals surface area contributed by atoms with E-state index in [-0.39, 0.29) is 55.8 Å². The van der Waals surface area contributed by atoms with Crippen molar-refractivity contribution in [2.45, 2.75) is 13.3 Å². The van der Waals surface area contributed by atoms with Gasteiger partial charge in [-0.15, -0.1) is 0 Å². The summed E-state index contributed by atoms with van der Waals surface area (Å²) in [5.74, 6) is -0.421. The average molecular weight is 237 g/mol. The molecule has 1 amide bonds. The third-order valence-electron chi connectivity index (χ3n) is 1.43. The van der Waals surface area contributed by atoms with Crippen molar-refractivity contribution in [2.75, 3.05) is 19.3 Å². The molecule has 0 aliphatic heterocycles. The molecule has 1 N–H and O–H groups in total. The van der Waals surface area contributed by atoms with E-state index in [0.717, 1.165) is 0 Å². The second-order valence-electron chi connectivity index (χ2n) is 2.58. The van der Waals surface area contributed by atoms with Crippen LogP contribution in [0.2, 0.25) is 0 Å². The molecule has 0 aromatic rings. The van der Waals surface area contributed by atoms with Gasteiger partial charge >= 0.3 is 37.7 Å². The Morgan fingerprint density at radius 1 is 1.46 bits per heavy atom. The molecule has 0 rings (SSSR count). The predicted molar refractivity (Wildman–Crippen MR) is 52.9 cm³/mol. The van der Waals surface area contributed by atoms with E-state index in [1.165, 1.54) is 11.8 Å². The number of hydrogen-bond donors (Lipinski definition) is 1. The summed E-state index contributed by atoms with van der Waals surface area (Å²) in [5, 5.41) is 0. The van der Waals surface area contributed by atoms with Gasteiger partial charge in [0.05, 0.1) is 5.75 Å². The Kier molecular flexibility index (Phi) is 8.66. The van der Waals surface area contributed by atoms with Crippen molar-refractivity contribution >= 4 is 53.8 Å². The topological polar surface area (TPSA) is 74.7 Å². The van der Waals surface area contributed by atoms with Crippen LogP contribution in [0.4, 0.5) is 0 Å². The van der Waals surface area contributed by atoms with Crippen LogP contribution < -0.4 is 0 Å². The van der Waals surface area contributed by atoms with Gasteiger partial charge in [0.15, 0.2) is 0 Å². The first kappa shape index (κ1) is 16.1. The Morgan fingerprint density at radius 3 is 2.23 bits per heavy atom. The van der Waals surface area contributed by atoms with Crippen molar-refractivity contribution in [3.05, 3.63) is 0 Å². The van der Waals surface area contributed by atoms with Crippen molar-refractivity contribution in [1.29, 1.82) is 0 Å². The van der Waals surface area contributed by atoms with E-state index in [1.54, 1.807) is 7.05 Å². The Labute approximate surface area is 108 Å². The number of rotatable bonds is 4. The van der Waals surface area contributed by atoms with Crippen LogP contribution in [0.15, 0.2) is 0 Å². The summed E-state index contributed by atoms with van der Waals surface area (Å²) in [6.07, 6.45) is 0.259. The van der Waals surface area contributed by atoms with Gasteiger partial charge < -0.3 is 4.90 Å². The molecule has 0 fully saturated rings. The summed E-state index contributed by atoms with van der Waals surface area (Å²) in [6, 6.07) is 0. The predicted octanol–water partition coefficient (Wildman–Crippen LogP) is -1.17. The summed E-state index contributed by atoms with van der Waals surface area (Å²) in [7, 11) is -2.31. The van der Waals surface area contributed by atoms with E-state index < -0.39 is 10.1 Å². The molecular weight excluding hydrogens is 222 g/mol. The Morgan fingerprint density at radius 2 is 1.92 bits per heavy atom. The molecule has 13 heavy (non-hydrogen) atoms. The molecule has 0 aliphatic rings. The minimum absolute atomic E-state index is 0. The molecule has 0 bridgehead atoms. The maximum absolute atomic E-state index is 10.6. The van der Waals surface area contributed by atoms with Gasteiger partial charge in [0.2, 0.25) is 5.91 Å². The summed E-state index contributed by atoms with van der Waals surface area (Å²) < 4.78 is 28.8. The summed E-state index contributed by atoms with van der Waals surface area (Å²) in [5.41, 5.74) is 0. The van der Waals surface area contributed by atoms with Crippen LogP contribution >= 0.6 is 0 Å². The van der Waals surface area contributed by atoms with Crippen molar-refractivity contribution in [3.8, 4) is 0 Å². The maximum atomic E-state index is 10.6. The van der Waals surface area contributed by atoms with Gasteiger partial charge in [0.25, 0.3) is 10.1 Å². The molecule has 0 heterocycles. The zero-order valence-electron chi connectivity index (χ0n) is 7.15. The van der Waals surface area contributed by atoms with E-state index in [4.69, 9.17) is 4.55 Å². The standard InChI is InChI=1S/C6H13NO4S.Ca.2H/c1-6(8)7(2)4-3-5-12(9,10)11;;;/h3-5H2,1-2H3,(H,9,10,11);;;. The van der Waals surface area contributed by atoms with E-state index in [1.807, 2.05) is 0 Å².